The van der Waals surface area contributed by atoms with Crippen LogP contribution >= 0.6 is 0 Å². The van der Waals surface area contributed by atoms with Crippen LogP contribution in [0.25, 0.3) is 0 Å². The summed E-state index contributed by atoms with van der Waals surface area (Å²) in [6.45, 7) is 2.29. The van der Waals surface area contributed by atoms with E-state index in [0.29, 0.717) is 5.56 Å². The van der Waals surface area contributed by atoms with Crippen LogP contribution in [0.3, 0.4) is 0 Å². The molecule has 0 radical (unpaired) electrons. The summed E-state index contributed by atoms with van der Waals surface area (Å²) in [6, 6.07) is 3.28. The predicted octanol–water partition coefficient (Wildman–Crippen LogP) is 6.85. The van der Waals surface area contributed by atoms with Gasteiger partial charge in [0.05, 0.1) is 7.11 Å². The van der Waals surface area contributed by atoms with E-state index in [2.05, 4.69) is 6.92 Å². The lowest BCUT2D eigenvalue weighted by atomic mass is 9.68. The minimum absolute atomic E-state index is 0.00113. The van der Waals surface area contributed by atoms with Gasteiger partial charge in [0.15, 0.2) is 11.6 Å². The summed E-state index contributed by atoms with van der Waals surface area (Å²) in [6.07, 6.45) is 12.6. The first kappa shape index (κ1) is 18.7. The lowest BCUT2D eigenvalue weighted by Crippen LogP contribution is -2.25. The van der Waals surface area contributed by atoms with Gasteiger partial charge >= 0.3 is 0 Å². The Morgan fingerprint density at radius 1 is 0.880 bits per heavy atom. The highest BCUT2D eigenvalue weighted by molar-refractivity contribution is 5.33. The Kier molecular flexibility index (Phi) is 6.35. The van der Waals surface area contributed by atoms with Gasteiger partial charge in [-0.15, -0.1) is 0 Å². The number of halogens is 2. The molecule has 1 nitrogen and oxygen atoms in total. The van der Waals surface area contributed by atoms with Crippen molar-refractivity contribution in [2.24, 2.45) is 17.8 Å². The zero-order valence-corrected chi connectivity index (χ0v) is 15.7. The third-order valence-corrected chi connectivity index (χ3v) is 6.76. The van der Waals surface area contributed by atoms with Crippen molar-refractivity contribution in [3.8, 4) is 5.75 Å². The van der Waals surface area contributed by atoms with Crippen molar-refractivity contribution < 1.29 is 13.5 Å². The first-order valence-electron chi connectivity index (χ1n) is 10.2. The third kappa shape index (κ3) is 4.17. The monoisotopic (exact) mass is 350 g/mol. The molecule has 0 N–H and O–H groups in total. The smallest absolute Gasteiger partial charge is 0.200 e. The summed E-state index contributed by atoms with van der Waals surface area (Å²) in [4.78, 5) is 0. The Morgan fingerprint density at radius 3 is 2.04 bits per heavy atom. The van der Waals surface area contributed by atoms with Crippen molar-refractivity contribution >= 4 is 0 Å². The fourth-order valence-corrected chi connectivity index (χ4v) is 5.28. The molecule has 1 aromatic rings. The minimum atomic E-state index is -0.837. The molecule has 140 valence electrons. The molecule has 0 bridgehead atoms. The van der Waals surface area contributed by atoms with Crippen molar-refractivity contribution in [3.63, 3.8) is 0 Å². The van der Waals surface area contributed by atoms with Crippen LogP contribution in [-0.4, -0.2) is 7.11 Å². The van der Waals surface area contributed by atoms with Crippen molar-refractivity contribution in [2.75, 3.05) is 7.11 Å². The van der Waals surface area contributed by atoms with Crippen LogP contribution in [0, 0.1) is 29.4 Å². The summed E-state index contributed by atoms with van der Waals surface area (Å²) >= 11 is 0. The van der Waals surface area contributed by atoms with Crippen molar-refractivity contribution in [1.82, 2.24) is 0 Å². The van der Waals surface area contributed by atoms with E-state index in [1.807, 2.05) is 0 Å². The average molecular weight is 350 g/mol. The number of methoxy groups -OCH3 is 1. The lowest BCUT2D eigenvalue weighted by molar-refractivity contribution is 0.156. The second kappa shape index (κ2) is 8.51. The maximum absolute atomic E-state index is 14.3. The van der Waals surface area contributed by atoms with Crippen LogP contribution < -0.4 is 4.74 Å². The minimum Gasteiger partial charge on any atom is -0.494 e. The molecule has 0 atom stereocenters. The second-order valence-electron chi connectivity index (χ2n) is 8.17. The number of hydrogen-bond acceptors (Lipinski definition) is 1. The molecule has 0 aromatic heterocycles. The van der Waals surface area contributed by atoms with E-state index in [9.17, 15) is 8.78 Å². The molecule has 1 aromatic carbocycles. The van der Waals surface area contributed by atoms with E-state index in [1.54, 1.807) is 12.1 Å². The predicted molar refractivity (Wildman–Crippen MR) is 98.0 cm³/mol. The first-order chi connectivity index (χ1) is 12.1. The maximum atomic E-state index is 14.3. The quantitative estimate of drug-likeness (QED) is 0.564. The van der Waals surface area contributed by atoms with Crippen molar-refractivity contribution in [2.45, 2.75) is 77.0 Å². The molecule has 0 aliphatic heterocycles. The van der Waals surface area contributed by atoms with Crippen LogP contribution in [0.4, 0.5) is 8.78 Å². The summed E-state index contributed by atoms with van der Waals surface area (Å²) in [5.41, 5.74) is 0.545. The molecule has 0 heterocycles. The molecule has 2 saturated carbocycles. The number of rotatable bonds is 5. The largest absolute Gasteiger partial charge is 0.494 e. The van der Waals surface area contributed by atoms with E-state index in [1.165, 1.54) is 58.5 Å². The van der Waals surface area contributed by atoms with E-state index in [0.717, 1.165) is 30.6 Å². The third-order valence-electron chi connectivity index (χ3n) is 6.76. The van der Waals surface area contributed by atoms with Crippen LogP contribution in [0.1, 0.15) is 82.6 Å². The molecule has 0 spiro atoms. The van der Waals surface area contributed by atoms with Crippen LogP contribution in [-0.2, 0) is 0 Å². The standard InChI is InChI=1S/C22H32F2O/c1-3-4-15-5-7-16(8-6-15)17-9-11-18(12-10-17)19-13-14-20(25-2)22(24)21(19)23/h13-18H,3-12H2,1-2H3. The molecule has 0 saturated heterocycles. The summed E-state index contributed by atoms with van der Waals surface area (Å²) in [5.74, 6) is 1.23. The lowest BCUT2D eigenvalue weighted by Gasteiger charge is -2.38. The van der Waals surface area contributed by atoms with Gasteiger partial charge in [0.25, 0.3) is 0 Å². The molecule has 3 rings (SSSR count). The molecule has 2 aliphatic carbocycles. The van der Waals surface area contributed by atoms with Gasteiger partial charge in [0.1, 0.15) is 0 Å². The summed E-state index contributed by atoms with van der Waals surface area (Å²) in [7, 11) is 1.37. The van der Waals surface area contributed by atoms with E-state index in [-0.39, 0.29) is 11.7 Å². The van der Waals surface area contributed by atoms with Gasteiger partial charge in [0.2, 0.25) is 5.82 Å². The fourth-order valence-electron chi connectivity index (χ4n) is 5.28. The fraction of sp³-hybridized carbons (Fsp3) is 0.727. The molecule has 0 unspecified atom stereocenters. The van der Waals surface area contributed by atoms with Crippen molar-refractivity contribution in [1.29, 1.82) is 0 Å². The Balaban J connectivity index is 1.55. The first-order valence-corrected chi connectivity index (χ1v) is 10.2. The van der Waals surface area contributed by atoms with Gasteiger partial charge in [-0.05, 0) is 73.8 Å². The molecule has 3 heteroatoms. The Bertz CT molecular complexity index is 555. The SMILES string of the molecule is CCCC1CCC(C2CCC(c3ccc(OC)c(F)c3F)CC2)CC1. The zero-order valence-electron chi connectivity index (χ0n) is 15.7. The van der Waals surface area contributed by atoms with Gasteiger partial charge < -0.3 is 4.74 Å². The topological polar surface area (TPSA) is 9.23 Å². The van der Waals surface area contributed by atoms with Crippen LogP contribution in [0.5, 0.6) is 5.75 Å². The van der Waals surface area contributed by atoms with E-state index < -0.39 is 11.6 Å². The maximum Gasteiger partial charge on any atom is 0.200 e. The van der Waals surface area contributed by atoms with Gasteiger partial charge in [-0.25, -0.2) is 4.39 Å². The Labute approximate surface area is 151 Å². The van der Waals surface area contributed by atoms with Gasteiger partial charge in [-0.2, -0.15) is 4.39 Å². The summed E-state index contributed by atoms with van der Waals surface area (Å²) in [5, 5.41) is 0. The number of hydrogen-bond donors (Lipinski definition) is 0. The van der Waals surface area contributed by atoms with Crippen LogP contribution in [0.15, 0.2) is 12.1 Å². The Hall–Kier alpha value is -1.12. The van der Waals surface area contributed by atoms with Gasteiger partial charge in [-0.3, -0.25) is 0 Å². The van der Waals surface area contributed by atoms with Crippen molar-refractivity contribution in [3.05, 3.63) is 29.3 Å². The molecule has 25 heavy (non-hydrogen) atoms. The van der Waals surface area contributed by atoms with E-state index >= 15 is 0 Å². The molecular weight excluding hydrogens is 318 g/mol. The normalized spacial score (nSPS) is 30.2. The molecular formula is C22H32F2O. The van der Waals surface area contributed by atoms with Gasteiger partial charge in [0, 0.05) is 0 Å². The summed E-state index contributed by atoms with van der Waals surface area (Å²) < 4.78 is 33.2. The molecule has 2 fully saturated rings. The average Bonchev–Trinajstić information content (AvgIpc) is 2.65. The van der Waals surface area contributed by atoms with Gasteiger partial charge in [-0.1, -0.05) is 38.7 Å². The Morgan fingerprint density at radius 2 is 1.48 bits per heavy atom. The highest BCUT2D eigenvalue weighted by atomic mass is 19.2. The number of ether oxygens (including phenoxy) is 1. The van der Waals surface area contributed by atoms with E-state index in [4.69, 9.17) is 4.74 Å². The highest BCUT2D eigenvalue weighted by Gasteiger charge is 2.32. The number of benzene rings is 1. The molecule has 0 amide bonds. The second-order valence-corrected chi connectivity index (χ2v) is 8.17. The van der Waals surface area contributed by atoms with Crippen LogP contribution in [0.2, 0.25) is 0 Å². The zero-order chi connectivity index (χ0) is 17.8. The highest BCUT2D eigenvalue weighted by Crippen LogP contribution is 2.45. The molecule has 2 aliphatic rings.